The van der Waals surface area contributed by atoms with Crippen LogP contribution in [0.5, 0.6) is 5.75 Å². The first-order valence-corrected chi connectivity index (χ1v) is 10.2. The summed E-state index contributed by atoms with van der Waals surface area (Å²) in [5.41, 5.74) is 0.229. The third-order valence-corrected chi connectivity index (χ3v) is 4.93. The van der Waals surface area contributed by atoms with Crippen LogP contribution in [0.4, 0.5) is 4.39 Å². The molecule has 162 valence electrons. The van der Waals surface area contributed by atoms with Gasteiger partial charge < -0.3 is 15.0 Å². The first-order chi connectivity index (χ1) is 14.0. The first-order valence-electron chi connectivity index (χ1n) is 9.40. The van der Waals surface area contributed by atoms with Gasteiger partial charge in [-0.1, -0.05) is 41.4 Å². The van der Waals surface area contributed by atoms with Gasteiger partial charge in [-0.2, -0.15) is 0 Å². The van der Waals surface area contributed by atoms with Crippen LogP contribution in [0.3, 0.4) is 0 Å². The van der Waals surface area contributed by atoms with Crippen molar-refractivity contribution in [3.63, 3.8) is 0 Å². The molecule has 0 aliphatic carbocycles. The average molecular weight is 455 g/mol. The second-order valence-electron chi connectivity index (χ2n) is 7.90. The van der Waals surface area contributed by atoms with Gasteiger partial charge in [0.25, 0.3) is 5.91 Å². The fourth-order valence-electron chi connectivity index (χ4n) is 2.68. The van der Waals surface area contributed by atoms with Crippen LogP contribution in [0.15, 0.2) is 42.5 Å². The average Bonchev–Trinajstić information content (AvgIpc) is 2.66. The molecule has 2 amide bonds. The predicted octanol–water partition coefficient (Wildman–Crippen LogP) is 4.84. The number of ether oxygens (including phenoxy) is 1. The first kappa shape index (κ1) is 24.0. The normalized spacial score (nSPS) is 12.2. The van der Waals surface area contributed by atoms with Crippen LogP contribution < -0.4 is 10.1 Å². The molecule has 0 saturated carbocycles. The van der Waals surface area contributed by atoms with Crippen LogP contribution in [-0.4, -0.2) is 34.9 Å². The maximum Gasteiger partial charge on any atom is 0.261 e. The molecule has 0 spiro atoms. The van der Waals surface area contributed by atoms with E-state index in [-0.39, 0.29) is 18.2 Å². The third kappa shape index (κ3) is 6.89. The van der Waals surface area contributed by atoms with E-state index < -0.39 is 29.9 Å². The number of halogens is 3. The highest BCUT2D eigenvalue weighted by molar-refractivity contribution is 6.42. The molecule has 8 heteroatoms. The molecular weight excluding hydrogens is 430 g/mol. The zero-order chi connectivity index (χ0) is 22.5. The van der Waals surface area contributed by atoms with Gasteiger partial charge in [0.15, 0.2) is 18.2 Å². The molecule has 0 aromatic heterocycles. The molecule has 2 aromatic carbocycles. The lowest BCUT2D eigenvalue weighted by atomic mass is 10.1. The number of hydrogen-bond donors (Lipinski definition) is 1. The number of nitrogens with one attached hydrogen (secondary N) is 1. The van der Waals surface area contributed by atoms with E-state index in [4.69, 9.17) is 27.9 Å². The van der Waals surface area contributed by atoms with Crippen molar-refractivity contribution in [2.75, 3.05) is 6.61 Å². The predicted molar refractivity (Wildman–Crippen MR) is 116 cm³/mol. The van der Waals surface area contributed by atoms with E-state index in [2.05, 4.69) is 5.32 Å². The highest BCUT2D eigenvalue weighted by Crippen LogP contribution is 2.24. The summed E-state index contributed by atoms with van der Waals surface area (Å²) >= 11 is 12.0. The summed E-state index contributed by atoms with van der Waals surface area (Å²) in [5.74, 6) is -1.39. The molecule has 5 nitrogen and oxygen atoms in total. The minimum absolute atomic E-state index is 0.0351. The van der Waals surface area contributed by atoms with E-state index in [0.717, 1.165) is 0 Å². The van der Waals surface area contributed by atoms with Crippen molar-refractivity contribution in [2.45, 2.75) is 45.8 Å². The van der Waals surface area contributed by atoms with Gasteiger partial charge in [-0.15, -0.1) is 0 Å². The Morgan fingerprint density at radius 2 is 1.80 bits per heavy atom. The van der Waals surface area contributed by atoms with E-state index in [1.165, 1.54) is 23.1 Å². The van der Waals surface area contributed by atoms with Gasteiger partial charge in [0.05, 0.1) is 10.0 Å². The van der Waals surface area contributed by atoms with Gasteiger partial charge in [0.2, 0.25) is 5.91 Å². The standard InChI is InChI=1S/C22H25Cl2FN2O3/c1-14(21(29)26-22(2,3)4)27(12-15-9-10-16(23)17(24)11-15)20(28)13-30-19-8-6-5-7-18(19)25/h5-11,14H,12-13H2,1-4H3,(H,26,29)/t14-/m0/s1. The SMILES string of the molecule is C[C@@H](C(=O)NC(C)(C)C)N(Cc1ccc(Cl)c(Cl)c1)C(=O)COc1ccccc1F. The fraction of sp³-hybridized carbons (Fsp3) is 0.364. The van der Waals surface area contributed by atoms with E-state index >= 15 is 0 Å². The Kier molecular flexibility index (Phi) is 8.10. The summed E-state index contributed by atoms with van der Waals surface area (Å²) in [5, 5.41) is 3.59. The molecular formula is C22H25Cl2FN2O3. The largest absolute Gasteiger partial charge is 0.481 e. The topological polar surface area (TPSA) is 58.6 Å². The molecule has 0 bridgehead atoms. The molecule has 1 atom stereocenters. The summed E-state index contributed by atoms with van der Waals surface area (Å²) in [6, 6.07) is 9.99. The number of carbonyl (C=O) groups is 2. The molecule has 0 radical (unpaired) electrons. The maximum atomic E-state index is 13.8. The molecule has 30 heavy (non-hydrogen) atoms. The van der Waals surface area contributed by atoms with Crippen LogP contribution in [0, 0.1) is 5.82 Å². The van der Waals surface area contributed by atoms with Crippen LogP contribution in [0.1, 0.15) is 33.3 Å². The quantitative estimate of drug-likeness (QED) is 0.650. The number of para-hydroxylation sites is 1. The van der Waals surface area contributed by atoms with Gasteiger partial charge in [-0.25, -0.2) is 4.39 Å². The lowest BCUT2D eigenvalue weighted by Crippen LogP contribution is -2.53. The van der Waals surface area contributed by atoms with E-state index in [1.807, 2.05) is 20.8 Å². The van der Waals surface area contributed by atoms with E-state index in [0.29, 0.717) is 15.6 Å². The molecule has 0 unspecified atom stereocenters. The minimum atomic E-state index is -0.796. The van der Waals surface area contributed by atoms with Crippen molar-refractivity contribution in [1.82, 2.24) is 10.2 Å². The van der Waals surface area contributed by atoms with Crippen LogP contribution in [0.25, 0.3) is 0 Å². The fourth-order valence-corrected chi connectivity index (χ4v) is 3.00. The minimum Gasteiger partial charge on any atom is -0.481 e. The number of carbonyl (C=O) groups excluding carboxylic acids is 2. The molecule has 0 aliphatic heterocycles. The number of amides is 2. The summed E-state index contributed by atoms with van der Waals surface area (Å²) in [6.07, 6.45) is 0. The summed E-state index contributed by atoms with van der Waals surface area (Å²) in [6.45, 7) is 6.86. The van der Waals surface area contributed by atoms with Crippen molar-refractivity contribution in [1.29, 1.82) is 0 Å². The van der Waals surface area contributed by atoms with Crippen molar-refractivity contribution in [3.8, 4) is 5.75 Å². The molecule has 0 heterocycles. The van der Waals surface area contributed by atoms with Crippen LogP contribution >= 0.6 is 23.2 Å². The Labute approximate surface area is 186 Å². The van der Waals surface area contributed by atoms with Gasteiger partial charge in [-0.3, -0.25) is 9.59 Å². The zero-order valence-electron chi connectivity index (χ0n) is 17.3. The molecule has 0 fully saturated rings. The van der Waals surface area contributed by atoms with Gasteiger partial charge in [0.1, 0.15) is 6.04 Å². The second kappa shape index (κ2) is 10.1. The maximum absolute atomic E-state index is 13.8. The van der Waals surface area contributed by atoms with E-state index in [9.17, 15) is 14.0 Å². The summed E-state index contributed by atoms with van der Waals surface area (Å²) < 4.78 is 19.1. The van der Waals surface area contributed by atoms with Gasteiger partial charge in [0, 0.05) is 12.1 Å². The Hall–Kier alpha value is -2.31. The zero-order valence-corrected chi connectivity index (χ0v) is 18.9. The molecule has 2 aromatic rings. The molecule has 1 N–H and O–H groups in total. The summed E-state index contributed by atoms with van der Waals surface area (Å²) in [7, 11) is 0. The number of benzene rings is 2. The Morgan fingerprint density at radius 3 is 2.40 bits per heavy atom. The highest BCUT2D eigenvalue weighted by Gasteiger charge is 2.29. The lowest BCUT2D eigenvalue weighted by molar-refractivity contribution is -0.142. The molecule has 0 saturated heterocycles. The van der Waals surface area contributed by atoms with Crippen LogP contribution in [0.2, 0.25) is 10.0 Å². The van der Waals surface area contributed by atoms with Gasteiger partial charge >= 0.3 is 0 Å². The third-order valence-electron chi connectivity index (χ3n) is 4.19. The van der Waals surface area contributed by atoms with Crippen molar-refractivity contribution >= 4 is 35.0 Å². The number of hydrogen-bond acceptors (Lipinski definition) is 3. The molecule has 0 aliphatic rings. The van der Waals surface area contributed by atoms with Crippen molar-refractivity contribution in [3.05, 3.63) is 63.9 Å². The molecule has 2 rings (SSSR count). The second-order valence-corrected chi connectivity index (χ2v) is 8.72. The van der Waals surface area contributed by atoms with Crippen LogP contribution in [-0.2, 0) is 16.1 Å². The highest BCUT2D eigenvalue weighted by atomic mass is 35.5. The van der Waals surface area contributed by atoms with Gasteiger partial charge in [-0.05, 0) is 57.5 Å². The Balaban J connectivity index is 2.22. The van der Waals surface area contributed by atoms with E-state index in [1.54, 1.807) is 31.2 Å². The van der Waals surface area contributed by atoms with Crippen molar-refractivity contribution < 1.29 is 18.7 Å². The number of nitrogens with zero attached hydrogens (tertiary/aromatic N) is 1. The Bertz CT molecular complexity index is 915. The monoisotopic (exact) mass is 454 g/mol. The smallest absolute Gasteiger partial charge is 0.261 e. The summed E-state index contributed by atoms with van der Waals surface area (Å²) in [4.78, 5) is 27.0. The number of rotatable bonds is 7. The lowest BCUT2D eigenvalue weighted by Gasteiger charge is -2.31. The van der Waals surface area contributed by atoms with Crippen molar-refractivity contribution in [2.24, 2.45) is 0 Å². The Morgan fingerprint density at radius 1 is 1.13 bits per heavy atom.